The number of hydrogen-bond acceptors (Lipinski definition) is 3. The van der Waals surface area contributed by atoms with E-state index in [0.717, 1.165) is 17.5 Å². The Bertz CT molecular complexity index is 566. The van der Waals surface area contributed by atoms with Crippen molar-refractivity contribution in [1.82, 2.24) is 4.90 Å². The fourth-order valence-corrected chi connectivity index (χ4v) is 3.01. The molecule has 1 aromatic carbocycles. The molecule has 1 aliphatic heterocycles. The molecule has 1 saturated carbocycles. The van der Waals surface area contributed by atoms with Gasteiger partial charge in [-0.1, -0.05) is 24.3 Å². The first-order chi connectivity index (χ1) is 9.51. The van der Waals surface area contributed by atoms with Gasteiger partial charge in [0.2, 0.25) is 5.91 Å². The lowest BCUT2D eigenvalue weighted by molar-refractivity contribution is -0.155. The normalized spacial score (nSPS) is 23.6. The zero-order valence-corrected chi connectivity index (χ0v) is 11.2. The van der Waals surface area contributed by atoms with E-state index < -0.39 is 17.6 Å². The molecule has 0 saturated heterocycles. The molecule has 1 aliphatic carbocycles. The number of hydrogen-bond donors (Lipinski definition) is 2. The third kappa shape index (κ3) is 1.98. The highest BCUT2D eigenvalue weighted by Crippen LogP contribution is 2.34. The lowest BCUT2D eigenvalue weighted by atomic mass is 9.76. The summed E-state index contributed by atoms with van der Waals surface area (Å²) in [5.74, 6) is -1.18. The van der Waals surface area contributed by atoms with Crippen LogP contribution >= 0.6 is 0 Å². The van der Waals surface area contributed by atoms with Crippen LogP contribution < -0.4 is 5.73 Å². The van der Waals surface area contributed by atoms with Crippen LogP contribution in [0.4, 0.5) is 0 Å². The van der Waals surface area contributed by atoms with Gasteiger partial charge in [-0.25, -0.2) is 4.79 Å². The molecule has 1 aromatic rings. The Morgan fingerprint density at radius 3 is 2.45 bits per heavy atom. The summed E-state index contributed by atoms with van der Waals surface area (Å²) < 4.78 is 0. The summed E-state index contributed by atoms with van der Waals surface area (Å²) >= 11 is 0. The SMILES string of the molecule is NC1(C(=O)N2Cc3ccccc3C[C@@H]2C(=O)O)CCC1. The van der Waals surface area contributed by atoms with Crippen molar-refractivity contribution in [3.8, 4) is 0 Å². The number of amides is 1. The van der Waals surface area contributed by atoms with Crippen molar-refractivity contribution in [3.05, 3.63) is 35.4 Å². The highest BCUT2D eigenvalue weighted by Gasteiger charge is 2.46. The summed E-state index contributed by atoms with van der Waals surface area (Å²) in [7, 11) is 0. The van der Waals surface area contributed by atoms with Crippen molar-refractivity contribution in [2.45, 2.75) is 43.8 Å². The first kappa shape index (κ1) is 13.1. The van der Waals surface area contributed by atoms with Crippen molar-refractivity contribution >= 4 is 11.9 Å². The average molecular weight is 274 g/mol. The van der Waals surface area contributed by atoms with Crippen LogP contribution in [0.3, 0.4) is 0 Å². The van der Waals surface area contributed by atoms with Crippen LogP contribution in [0.25, 0.3) is 0 Å². The second kappa shape index (κ2) is 4.59. The minimum absolute atomic E-state index is 0.217. The van der Waals surface area contributed by atoms with Crippen LogP contribution in [0.15, 0.2) is 24.3 Å². The summed E-state index contributed by atoms with van der Waals surface area (Å²) in [5, 5.41) is 9.40. The molecule has 3 rings (SSSR count). The Morgan fingerprint density at radius 1 is 1.25 bits per heavy atom. The van der Waals surface area contributed by atoms with Gasteiger partial charge in [-0.3, -0.25) is 4.79 Å². The molecule has 0 aromatic heterocycles. The first-order valence-electron chi connectivity index (χ1n) is 6.91. The fraction of sp³-hybridized carbons (Fsp3) is 0.467. The van der Waals surface area contributed by atoms with Gasteiger partial charge < -0.3 is 15.7 Å². The number of carboxylic acid groups (broad SMARTS) is 1. The molecule has 5 nitrogen and oxygen atoms in total. The summed E-state index contributed by atoms with van der Waals surface area (Å²) in [6, 6.07) is 6.86. The lowest BCUT2D eigenvalue weighted by Gasteiger charge is -2.44. The van der Waals surface area contributed by atoms with Crippen LogP contribution in [0, 0.1) is 0 Å². The molecule has 0 bridgehead atoms. The van der Waals surface area contributed by atoms with E-state index in [1.807, 2.05) is 24.3 Å². The highest BCUT2D eigenvalue weighted by molar-refractivity contribution is 5.91. The maximum atomic E-state index is 12.6. The van der Waals surface area contributed by atoms with Gasteiger partial charge in [0.15, 0.2) is 0 Å². The van der Waals surface area contributed by atoms with Crippen molar-refractivity contribution in [3.63, 3.8) is 0 Å². The minimum Gasteiger partial charge on any atom is -0.480 e. The molecule has 0 unspecified atom stereocenters. The third-order valence-corrected chi connectivity index (χ3v) is 4.47. The zero-order valence-electron chi connectivity index (χ0n) is 11.2. The van der Waals surface area contributed by atoms with Gasteiger partial charge in [0.05, 0.1) is 5.54 Å². The average Bonchev–Trinajstić information content (AvgIpc) is 2.42. The quantitative estimate of drug-likeness (QED) is 0.839. The molecule has 5 heteroatoms. The predicted molar refractivity (Wildman–Crippen MR) is 72.9 cm³/mol. The largest absolute Gasteiger partial charge is 0.480 e. The first-order valence-corrected chi connectivity index (χ1v) is 6.91. The van der Waals surface area contributed by atoms with Gasteiger partial charge >= 0.3 is 5.97 Å². The number of nitrogens with two attached hydrogens (primary N) is 1. The van der Waals surface area contributed by atoms with Crippen LogP contribution in [0.5, 0.6) is 0 Å². The van der Waals surface area contributed by atoms with Crippen molar-refractivity contribution in [2.24, 2.45) is 5.73 Å². The highest BCUT2D eigenvalue weighted by atomic mass is 16.4. The van der Waals surface area contributed by atoms with E-state index in [-0.39, 0.29) is 5.91 Å². The second-order valence-corrected chi connectivity index (χ2v) is 5.77. The van der Waals surface area contributed by atoms with E-state index in [1.54, 1.807) is 0 Å². The Morgan fingerprint density at radius 2 is 1.90 bits per heavy atom. The standard InChI is InChI=1S/C15H18N2O3/c16-15(6-3-7-15)14(20)17-9-11-5-2-1-4-10(11)8-12(17)13(18)19/h1-2,4-5,12H,3,6-9,16H2,(H,18,19)/t12-/m1/s1. The van der Waals surface area contributed by atoms with Gasteiger partial charge in [-0.05, 0) is 30.4 Å². The molecular formula is C15H18N2O3. The van der Waals surface area contributed by atoms with E-state index in [1.165, 1.54) is 4.90 Å². The Kier molecular flexibility index (Phi) is 3.01. The van der Waals surface area contributed by atoms with Gasteiger partial charge in [0.25, 0.3) is 0 Å². The van der Waals surface area contributed by atoms with Crippen molar-refractivity contribution in [2.75, 3.05) is 0 Å². The number of benzene rings is 1. The third-order valence-electron chi connectivity index (χ3n) is 4.47. The maximum Gasteiger partial charge on any atom is 0.326 e. The number of carbonyl (C=O) groups excluding carboxylic acids is 1. The monoisotopic (exact) mass is 274 g/mol. The molecular weight excluding hydrogens is 256 g/mol. The number of nitrogens with zero attached hydrogens (tertiary/aromatic N) is 1. The van der Waals surface area contributed by atoms with E-state index >= 15 is 0 Å². The topological polar surface area (TPSA) is 83.6 Å². The molecule has 0 spiro atoms. The van der Waals surface area contributed by atoms with Gasteiger partial charge in [0, 0.05) is 13.0 Å². The van der Waals surface area contributed by atoms with E-state index in [2.05, 4.69) is 0 Å². The van der Waals surface area contributed by atoms with E-state index in [0.29, 0.717) is 25.8 Å². The number of aliphatic carboxylic acids is 1. The Balaban J connectivity index is 1.92. The Labute approximate surface area is 117 Å². The summed E-state index contributed by atoms with van der Waals surface area (Å²) in [5.41, 5.74) is 7.25. The molecule has 20 heavy (non-hydrogen) atoms. The predicted octanol–water partition coefficient (Wildman–Crippen LogP) is 0.906. The molecule has 3 N–H and O–H groups in total. The van der Waals surface area contributed by atoms with Crippen LogP contribution in [0.1, 0.15) is 30.4 Å². The smallest absolute Gasteiger partial charge is 0.326 e. The van der Waals surface area contributed by atoms with E-state index in [4.69, 9.17) is 5.73 Å². The van der Waals surface area contributed by atoms with Crippen LogP contribution in [0.2, 0.25) is 0 Å². The summed E-state index contributed by atoms with van der Waals surface area (Å²) in [6.07, 6.45) is 2.59. The fourth-order valence-electron chi connectivity index (χ4n) is 3.01. The molecule has 106 valence electrons. The van der Waals surface area contributed by atoms with Crippen molar-refractivity contribution in [1.29, 1.82) is 0 Å². The molecule has 1 atom stereocenters. The number of rotatable bonds is 2. The molecule has 0 radical (unpaired) electrons. The second-order valence-electron chi connectivity index (χ2n) is 5.77. The summed E-state index contributed by atoms with van der Waals surface area (Å²) in [6.45, 7) is 0.338. The van der Waals surface area contributed by atoms with Crippen molar-refractivity contribution < 1.29 is 14.7 Å². The number of fused-ring (bicyclic) bond motifs is 1. The van der Waals surface area contributed by atoms with Crippen LogP contribution in [-0.4, -0.2) is 33.5 Å². The van der Waals surface area contributed by atoms with Gasteiger partial charge in [0.1, 0.15) is 6.04 Å². The van der Waals surface area contributed by atoms with Crippen LogP contribution in [-0.2, 0) is 22.6 Å². The molecule has 2 aliphatic rings. The number of carbonyl (C=O) groups is 2. The number of carboxylic acids is 1. The maximum absolute atomic E-state index is 12.6. The minimum atomic E-state index is -0.962. The molecule has 1 amide bonds. The Hall–Kier alpha value is -1.88. The lowest BCUT2D eigenvalue weighted by Crippen LogP contribution is -2.63. The van der Waals surface area contributed by atoms with E-state index in [9.17, 15) is 14.7 Å². The summed E-state index contributed by atoms with van der Waals surface area (Å²) in [4.78, 5) is 25.5. The molecule has 1 fully saturated rings. The van der Waals surface area contributed by atoms with Gasteiger partial charge in [-0.2, -0.15) is 0 Å². The van der Waals surface area contributed by atoms with Gasteiger partial charge in [-0.15, -0.1) is 0 Å². The molecule has 1 heterocycles. The zero-order chi connectivity index (χ0) is 14.3.